The molecule has 0 aliphatic rings. The van der Waals surface area contributed by atoms with Crippen LogP contribution in [0.4, 0.5) is 0 Å². The zero-order valence-corrected chi connectivity index (χ0v) is 13.1. The van der Waals surface area contributed by atoms with Crippen molar-refractivity contribution in [2.75, 3.05) is 6.61 Å². The molecule has 0 saturated carbocycles. The van der Waals surface area contributed by atoms with Gasteiger partial charge in [-0.05, 0) is 25.3 Å². The predicted molar refractivity (Wildman–Crippen MR) is 80.6 cm³/mol. The van der Waals surface area contributed by atoms with Crippen molar-refractivity contribution in [2.45, 2.75) is 71.8 Å². The fraction of sp³-hybridized carbons (Fsp3) is 0.812. The Morgan fingerprint density at radius 1 is 1.10 bits per heavy atom. The minimum absolute atomic E-state index is 0.0453. The van der Waals surface area contributed by atoms with E-state index in [0.717, 1.165) is 38.5 Å². The Morgan fingerprint density at radius 2 is 1.60 bits per heavy atom. The number of ketones is 1. The molecule has 0 aromatic rings. The van der Waals surface area contributed by atoms with Gasteiger partial charge in [-0.15, -0.1) is 0 Å². The Bertz CT molecular complexity index is 302. The predicted octanol–water partition coefficient (Wildman–Crippen LogP) is 3.13. The van der Waals surface area contributed by atoms with Crippen molar-refractivity contribution in [1.82, 2.24) is 0 Å². The van der Waals surface area contributed by atoms with Crippen LogP contribution in [0.25, 0.3) is 0 Å². The molecule has 0 rings (SSSR count). The Labute approximate surface area is 122 Å². The summed E-state index contributed by atoms with van der Waals surface area (Å²) in [6, 6.07) is 0. The fourth-order valence-electron chi connectivity index (χ4n) is 2.23. The van der Waals surface area contributed by atoms with Crippen molar-refractivity contribution >= 4 is 5.78 Å². The molecule has 0 spiro atoms. The van der Waals surface area contributed by atoms with Crippen molar-refractivity contribution in [3.8, 4) is 0 Å². The molecule has 0 aromatic heterocycles. The average Bonchev–Trinajstić information content (AvgIpc) is 2.45. The normalized spacial score (nSPS) is 14.3. The highest BCUT2D eigenvalue weighted by molar-refractivity contribution is 5.83. The number of aliphatic hydroxyl groups excluding tert-OH is 3. The summed E-state index contributed by atoms with van der Waals surface area (Å²) >= 11 is 0. The van der Waals surface area contributed by atoms with Gasteiger partial charge in [0.2, 0.25) is 0 Å². The maximum absolute atomic E-state index is 12.3. The molecule has 0 amide bonds. The highest BCUT2D eigenvalue weighted by atomic mass is 16.3. The van der Waals surface area contributed by atoms with E-state index in [2.05, 4.69) is 13.8 Å². The maximum atomic E-state index is 12.3. The second-order valence-corrected chi connectivity index (χ2v) is 5.49. The lowest BCUT2D eigenvalue weighted by atomic mass is 9.88. The van der Waals surface area contributed by atoms with E-state index in [0.29, 0.717) is 5.57 Å². The van der Waals surface area contributed by atoms with Crippen LogP contribution in [0, 0.1) is 5.92 Å². The van der Waals surface area contributed by atoms with Crippen LogP contribution in [0.5, 0.6) is 0 Å². The Kier molecular flexibility index (Phi) is 10.4. The van der Waals surface area contributed by atoms with Gasteiger partial charge in [0.1, 0.15) is 17.6 Å². The molecule has 0 saturated heterocycles. The summed E-state index contributed by atoms with van der Waals surface area (Å²) in [5.74, 6) is -0.101. The molecule has 1 atom stereocenters. The Balaban J connectivity index is 4.64. The number of hydrogen-bond donors (Lipinski definition) is 3. The lowest BCUT2D eigenvalue weighted by Crippen LogP contribution is -2.19. The van der Waals surface area contributed by atoms with Crippen LogP contribution in [-0.4, -0.2) is 33.8 Å². The molecule has 118 valence electrons. The van der Waals surface area contributed by atoms with Crippen LogP contribution in [0.3, 0.4) is 0 Å². The fourth-order valence-corrected chi connectivity index (χ4v) is 2.23. The lowest BCUT2D eigenvalue weighted by Gasteiger charge is -2.16. The number of carbonyl (C=O) groups excluding carboxylic acids is 1. The summed E-state index contributed by atoms with van der Waals surface area (Å²) in [4.78, 5) is 12.3. The largest absolute Gasteiger partial charge is 0.510 e. The third-order valence-electron chi connectivity index (χ3n) is 3.63. The van der Waals surface area contributed by atoms with Gasteiger partial charge in [0.15, 0.2) is 0 Å². The van der Waals surface area contributed by atoms with Gasteiger partial charge in [-0.25, -0.2) is 0 Å². The zero-order chi connectivity index (χ0) is 15.5. The van der Waals surface area contributed by atoms with E-state index < -0.39 is 12.7 Å². The number of allylic oxidation sites excluding steroid dienone is 1. The molecule has 0 heterocycles. The van der Waals surface area contributed by atoms with E-state index in [1.54, 1.807) is 6.92 Å². The minimum atomic E-state index is -1.28. The van der Waals surface area contributed by atoms with E-state index in [-0.39, 0.29) is 23.9 Å². The number of carbonyl (C=O) groups is 1. The molecular formula is C16H30O4. The van der Waals surface area contributed by atoms with E-state index in [1.807, 2.05) is 0 Å². The first-order chi connectivity index (χ1) is 9.47. The van der Waals surface area contributed by atoms with Crippen LogP contribution in [0.15, 0.2) is 11.3 Å². The molecule has 0 aromatic carbocycles. The third kappa shape index (κ3) is 7.06. The van der Waals surface area contributed by atoms with Gasteiger partial charge in [-0.1, -0.05) is 39.5 Å². The molecule has 0 radical (unpaired) electrons. The van der Waals surface area contributed by atoms with Gasteiger partial charge in [-0.3, -0.25) is 4.79 Å². The topological polar surface area (TPSA) is 77.8 Å². The van der Waals surface area contributed by atoms with Crippen LogP contribution in [0.2, 0.25) is 0 Å². The zero-order valence-electron chi connectivity index (χ0n) is 13.1. The summed E-state index contributed by atoms with van der Waals surface area (Å²) < 4.78 is 0. The monoisotopic (exact) mass is 286 g/mol. The molecule has 3 N–H and O–H groups in total. The number of aliphatic hydroxyl groups is 3. The van der Waals surface area contributed by atoms with Crippen molar-refractivity contribution in [1.29, 1.82) is 0 Å². The second-order valence-electron chi connectivity index (χ2n) is 5.49. The standard InChI is InChI=1S/C16H30O4/c1-4-6-8-13(9-7-5-2)14(18)10-12(3)16(20)15(19)11-17/h13,15,17,19-20H,4-11H2,1-3H3/b16-12-. The number of unbranched alkanes of at least 4 members (excludes halogenated alkanes) is 2. The summed E-state index contributed by atoms with van der Waals surface area (Å²) in [5.41, 5.74) is 0.453. The summed E-state index contributed by atoms with van der Waals surface area (Å²) in [5, 5.41) is 27.8. The smallest absolute Gasteiger partial charge is 0.140 e. The average molecular weight is 286 g/mol. The quantitative estimate of drug-likeness (QED) is 0.510. The van der Waals surface area contributed by atoms with Crippen molar-refractivity contribution < 1.29 is 20.1 Å². The van der Waals surface area contributed by atoms with Crippen molar-refractivity contribution in [2.24, 2.45) is 5.92 Å². The molecule has 4 heteroatoms. The maximum Gasteiger partial charge on any atom is 0.140 e. The van der Waals surface area contributed by atoms with Crippen molar-refractivity contribution in [3.63, 3.8) is 0 Å². The van der Waals surface area contributed by atoms with E-state index >= 15 is 0 Å². The molecular weight excluding hydrogens is 256 g/mol. The summed E-state index contributed by atoms with van der Waals surface area (Å²) in [6.45, 7) is 5.31. The number of Topliss-reactive ketones (excluding diaryl/α,β-unsaturated/α-hetero) is 1. The second kappa shape index (κ2) is 10.9. The first-order valence-corrected chi connectivity index (χ1v) is 7.68. The highest BCUT2D eigenvalue weighted by Gasteiger charge is 2.20. The molecule has 20 heavy (non-hydrogen) atoms. The number of hydrogen-bond acceptors (Lipinski definition) is 4. The molecule has 1 unspecified atom stereocenters. The molecule has 0 aliphatic heterocycles. The van der Waals surface area contributed by atoms with Gasteiger partial charge in [0.05, 0.1) is 6.61 Å². The van der Waals surface area contributed by atoms with Crippen LogP contribution < -0.4 is 0 Å². The van der Waals surface area contributed by atoms with Gasteiger partial charge in [0, 0.05) is 12.3 Å². The van der Waals surface area contributed by atoms with Crippen molar-refractivity contribution in [3.05, 3.63) is 11.3 Å². The van der Waals surface area contributed by atoms with E-state index in [4.69, 9.17) is 5.11 Å². The van der Waals surface area contributed by atoms with Crippen LogP contribution in [-0.2, 0) is 4.79 Å². The first-order valence-electron chi connectivity index (χ1n) is 7.68. The molecule has 0 aliphatic carbocycles. The van der Waals surface area contributed by atoms with Crippen LogP contribution >= 0.6 is 0 Å². The summed E-state index contributed by atoms with van der Waals surface area (Å²) in [6.07, 6.45) is 4.87. The van der Waals surface area contributed by atoms with Gasteiger partial charge in [-0.2, -0.15) is 0 Å². The molecule has 4 nitrogen and oxygen atoms in total. The minimum Gasteiger partial charge on any atom is -0.510 e. The number of rotatable bonds is 11. The molecule has 0 bridgehead atoms. The molecule has 0 fully saturated rings. The Morgan fingerprint density at radius 3 is 2.00 bits per heavy atom. The highest BCUT2D eigenvalue weighted by Crippen LogP contribution is 2.21. The van der Waals surface area contributed by atoms with E-state index in [1.165, 1.54) is 0 Å². The lowest BCUT2D eigenvalue weighted by molar-refractivity contribution is -0.122. The van der Waals surface area contributed by atoms with E-state index in [9.17, 15) is 15.0 Å². The third-order valence-corrected chi connectivity index (χ3v) is 3.63. The van der Waals surface area contributed by atoms with Gasteiger partial charge >= 0.3 is 0 Å². The van der Waals surface area contributed by atoms with Gasteiger partial charge in [0.25, 0.3) is 0 Å². The first kappa shape index (κ1) is 19.1. The van der Waals surface area contributed by atoms with Gasteiger partial charge < -0.3 is 15.3 Å². The Hall–Kier alpha value is -0.870. The van der Waals surface area contributed by atoms with Crippen LogP contribution in [0.1, 0.15) is 65.7 Å². The SMILES string of the molecule is CCCCC(CCCC)C(=O)C/C(C)=C(\O)C(O)CO. The summed E-state index contributed by atoms with van der Waals surface area (Å²) in [7, 11) is 0.